The van der Waals surface area contributed by atoms with Gasteiger partial charge in [-0.25, -0.2) is 4.98 Å². The van der Waals surface area contributed by atoms with Gasteiger partial charge in [-0.2, -0.15) is 0 Å². The number of thiazole rings is 1. The number of hydrogen-bond acceptors (Lipinski definition) is 5. The summed E-state index contributed by atoms with van der Waals surface area (Å²) in [5, 5.41) is 3.12. The number of aryl methyl sites for hydroxylation is 1. The molecular formula is C18H26ClN3OS. The van der Waals surface area contributed by atoms with E-state index in [1.807, 2.05) is 24.4 Å². The molecule has 1 aromatic carbocycles. The Hall–Kier alpha value is -1.14. The Morgan fingerprint density at radius 2 is 2.08 bits per heavy atom. The fraction of sp³-hybridized carbons (Fsp3) is 0.500. The average Bonchev–Trinajstić information content (AvgIpc) is 3.13. The maximum absolute atomic E-state index is 5.88. The number of halogens is 1. The van der Waals surface area contributed by atoms with Crippen LogP contribution < -0.4 is 10.5 Å². The Balaban J connectivity index is 0.00000208. The molecule has 0 bridgehead atoms. The van der Waals surface area contributed by atoms with E-state index in [2.05, 4.69) is 28.9 Å². The minimum atomic E-state index is 0. The van der Waals surface area contributed by atoms with Crippen LogP contribution >= 0.6 is 23.7 Å². The zero-order valence-corrected chi connectivity index (χ0v) is 16.0. The van der Waals surface area contributed by atoms with Crippen molar-refractivity contribution >= 4 is 23.7 Å². The summed E-state index contributed by atoms with van der Waals surface area (Å²) in [7, 11) is 0. The normalized spacial score (nSPS) is 20.8. The van der Waals surface area contributed by atoms with Crippen molar-refractivity contribution in [1.82, 2.24) is 9.88 Å². The molecule has 1 aliphatic heterocycles. The molecule has 1 aliphatic rings. The summed E-state index contributed by atoms with van der Waals surface area (Å²) in [4.78, 5) is 6.90. The van der Waals surface area contributed by atoms with Gasteiger partial charge in [0.1, 0.15) is 12.4 Å². The quantitative estimate of drug-likeness (QED) is 0.847. The Morgan fingerprint density at radius 1 is 1.33 bits per heavy atom. The molecule has 24 heavy (non-hydrogen) atoms. The number of benzene rings is 1. The summed E-state index contributed by atoms with van der Waals surface area (Å²) in [5.41, 5.74) is 8.48. The number of ether oxygens (including phenoxy) is 1. The lowest BCUT2D eigenvalue weighted by molar-refractivity contribution is 0.274. The van der Waals surface area contributed by atoms with E-state index in [4.69, 9.17) is 10.5 Å². The molecule has 0 saturated carbocycles. The summed E-state index contributed by atoms with van der Waals surface area (Å²) in [5.74, 6) is 0.896. The lowest BCUT2D eigenvalue weighted by Crippen LogP contribution is -2.31. The highest BCUT2D eigenvalue weighted by Crippen LogP contribution is 2.29. The smallest absolute Gasteiger partial charge is 0.131 e. The highest BCUT2D eigenvalue weighted by atomic mass is 35.5. The molecule has 3 rings (SSSR count). The Kier molecular flexibility index (Phi) is 6.63. The van der Waals surface area contributed by atoms with Gasteiger partial charge < -0.3 is 10.5 Å². The maximum atomic E-state index is 5.88. The van der Waals surface area contributed by atoms with Gasteiger partial charge in [-0.1, -0.05) is 19.1 Å². The molecule has 2 aromatic rings. The van der Waals surface area contributed by atoms with Crippen molar-refractivity contribution in [2.45, 2.75) is 33.4 Å². The van der Waals surface area contributed by atoms with Crippen molar-refractivity contribution in [3.63, 3.8) is 0 Å². The second-order valence-corrected chi connectivity index (χ2v) is 7.83. The second-order valence-electron chi connectivity index (χ2n) is 6.77. The Morgan fingerprint density at radius 3 is 2.67 bits per heavy atom. The van der Waals surface area contributed by atoms with Crippen molar-refractivity contribution in [2.75, 3.05) is 19.6 Å². The number of aromatic nitrogens is 1. The predicted octanol–water partition coefficient (Wildman–Crippen LogP) is 3.62. The van der Waals surface area contributed by atoms with E-state index in [1.54, 1.807) is 11.3 Å². The van der Waals surface area contributed by atoms with Crippen molar-refractivity contribution < 1.29 is 4.74 Å². The monoisotopic (exact) mass is 367 g/mol. The van der Waals surface area contributed by atoms with Crippen LogP contribution in [0.2, 0.25) is 0 Å². The van der Waals surface area contributed by atoms with Gasteiger partial charge >= 0.3 is 0 Å². The summed E-state index contributed by atoms with van der Waals surface area (Å²) in [6, 6.07) is 8.40. The molecule has 1 aromatic heterocycles. The molecule has 4 nitrogen and oxygen atoms in total. The lowest BCUT2D eigenvalue weighted by atomic mass is 9.90. The molecule has 2 heterocycles. The van der Waals surface area contributed by atoms with Crippen LogP contribution in [0.5, 0.6) is 5.75 Å². The lowest BCUT2D eigenvalue weighted by Gasteiger charge is -2.22. The molecule has 1 fully saturated rings. The highest BCUT2D eigenvalue weighted by Gasteiger charge is 2.32. The van der Waals surface area contributed by atoms with Crippen molar-refractivity contribution in [3.8, 4) is 5.75 Å². The third-order valence-electron chi connectivity index (χ3n) is 4.51. The zero-order chi connectivity index (χ0) is 16.3. The van der Waals surface area contributed by atoms with Crippen LogP contribution in [0.15, 0.2) is 29.6 Å². The number of nitrogens with two attached hydrogens (primary N) is 1. The topological polar surface area (TPSA) is 51.4 Å². The first-order valence-corrected chi connectivity index (χ1v) is 8.99. The number of hydrogen-bond donors (Lipinski definition) is 1. The molecule has 0 radical (unpaired) electrons. The molecule has 1 saturated heterocycles. The minimum Gasteiger partial charge on any atom is -0.487 e. The van der Waals surface area contributed by atoms with Gasteiger partial charge in [0.25, 0.3) is 0 Å². The van der Waals surface area contributed by atoms with Gasteiger partial charge in [0.05, 0.1) is 10.7 Å². The Bertz CT molecular complexity index is 646. The van der Waals surface area contributed by atoms with Gasteiger partial charge in [-0.3, -0.25) is 4.90 Å². The van der Waals surface area contributed by atoms with E-state index in [1.165, 1.54) is 12.0 Å². The Labute approximate surface area is 154 Å². The highest BCUT2D eigenvalue weighted by molar-refractivity contribution is 7.09. The second kappa shape index (κ2) is 8.30. The SMILES string of the molecule is Cc1nc(COc2ccc(CN3CCC(C)(CN)C3)cc2)cs1.Cl. The van der Waals surface area contributed by atoms with Gasteiger partial charge in [-0.15, -0.1) is 23.7 Å². The summed E-state index contributed by atoms with van der Waals surface area (Å²) in [6.45, 7) is 8.80. The fourth-order valence-corrected chi connectivity index (χ4v) is 3.61. The number of likely N-dealkylation sites (tertiary alicyclic amines) is 1. The van der Waals surface area contributed by atoms with E-state index in [-0.39, 0.29) is 17.8 Å². The van der Waals surface area contributed by atoms with E-state index in [0.29, 0.717) is 6.61 Å². The number of nitrogens with zero attached hydrogens (tertiary/aromatic N) is 2. The van der Waals surface area contributed by atoms with E-state index < -0.39 is 0 Å². The van der Waals surface area contributed by atoms with E-state index in [0.717, 1.165) is 42.6 Å². The number of rotatable bonds is 6. The van der Waals surface area contributed by atoms with Crippen molar-refractivity contribution in [2.24, 2.45) is 11.1 Å². The first-order chi connectivity index (χ1) is 11.1. The largest absolute Gasteiger partial charge is 0.487 e. The van der Waals surface area contributed by atoms with Gasteiger partial charge in [0.15, 0.2) is 0 Å². The van der Waals surface area contributed by atoms with Gasteiger partial charge in [0, 0.05) is 18.5 Å². The molecule has 0 amide bonds. The molecule has 6 heteroatoms. The average molecular weight is 368 g/mol. The summed E-state index contributed by atoms with van der Waals surface area (Å²) in [6.07, 6.45) is 1.19. The van der Waals surface area contributed by atoms with Crippen LogP contribution in [-0.2, 0) is 13.2 Å². The molecule has 0 aliphatic carbocycles. The molecule has 2 N–H and O–H groups in total. The van der Waals surface area contributed by atoms with E-state index in [9.17, 15) is 0 Å². The van der Waals surface area contributed by atoms with Gasteiger partial charge in [-0.05, 0) is 49.5 Å². The third kappa shape index (κ3) is 4.93. The van der Waals surface area contributed by atoms with Crippen molar-refractivity contribution in [1.29, 1.82) is 0 Å². The van der Waals surface area contributed by atoms with Crippen LogP contribution in [0.25, 0.3) is 0 Å². The molecule has 132 valence electrons. The zero-order valence-electron chi connectivity index (χ0n) is 14.3. The third-order valence-corrected chi connectivity index (χ3v) is 5.33. The van der Waals surface area contributed by atoms with E-state index >= 15 is 0 Å². The van der Waals surface area contributed by atoms with Crippen LogP contribution in [0.3, 0.4) is 0 Å². The van der Waals surface area contributed by atoms with Crippen LogP contribution in [0.1, 0.15) is 29.6 Å². The summed E-state index contributed by atoms with van der Waals surface area (Å²) < 4.78 is 5.79. The molecule has 1 atom stereocenters. The molecule has 1 unspecified atom stereocenters. The van der Waals surface area contributed by atoms with Crippen LogP contribution in [0, 0.1) is 12.3 Å². The fourth-order valence-electron chi connectivity index (χ4n) is 3.01. The van der Waals surface area contributed by atoms with Crippen LogP contribution in [0.4, 0.5) is 0 Å². The first kappa shape index (κ1) is 19.2. The molecule has 0 spiro atoms. The minimum absolute atomic E-state index is 0. The summed E-state index contributed by atoms with van der Waals surface area (Å²) >= 11 is 1.66. The van der Waals surface area contributed by atoms with Crippen molar-refractivity contribution in [3.05, 3.63) is 45.9 Å². The molecular weight excluding hydrogens is 342 g/mol. The van der Waals surface area contributed by atoms with Crippen LogP contribution in [-0.4, -0.2) is 29.5 Å². The maximum Gasteiger partial charge on any atom is 0.131 e. The standard InChI is InChI=1S/C18H25N3OS.ClH/c1-14-20-16(11-23-14)10-22-17-5-3-15(4-6-17)9-21-8-7-18(2,12-19)13-21;/h3-6,11H,7-10,12-13,19H2,1-2H3;1H. The predicted molar refractivity (Wildman–Crippen MR) is 102 cm³/mol. The first-order valence-electron chi connectivity index (χ1n) is 8.11. The van der Waals surface area contributed by atoms with Gasteiger partial charge in [0.2, 0.25) is 0 Å².